The van der Waals surface area contributed by atoms with Gasteiger partial charge in [0.15, 0.2) is 0 Å². The van der Waals surface area contributed by atoms with Gasteiger partial charge in [0, 0.05) is 13.1 Å². The van der Waals surface area contributed by atoms with Crippen LogP contribution in [0.4, 0.5) is 0 Å². The highest BCUT2D eigenvalue weighted by molar-refractivity contribution is 7.89. The Hall–Kier alpha value is -1.09. The summed E-state index contributed by atoms with van der Waals surface area (Å²) in [5.41, 5.74) is 0.000685. The van der Waals surface area contributed by atoms with Gasteiger partial charge in [0.25, 0.3) is 0 Å². The normalized spacial score (nSPS) is 18.9. The number of nitrogens with zero attached hydrogens (tertiary/aromatic N) is 1. The fraction of sp³-hybridized carbons (Fsp3) is 0.667. The van der Waals surface area contributed by atoms with Gasteiger partial charge < -0.3 is 14.5 Å². The molecule has 1 aromatic heterocycles. The first-order valence-corrected chi connectivity index (χ1v) is 9.10. The molecule has 0 amide bonds. The third-order valence-corrected chi connectivity index (χ3v) is 6.19. The van der Waals surface area contributed by atoms with Gasteiger partial charge in [-0.05, 0) is 46.2 Å². The van der Waals surface area contributed by atoms with E-state index in [1.54, 1.807) is 13.8 Å². The molecule has 2 rings (SSSR count). The topological polar surface area (TPSA) is 88.9 Å². The number of sulfonamides is 1. The third kappa shape index (κ3) is 3.93. The molecule has 0 spiro atoms. The smallest absolute Gasteiger partial charge is 0.342 e. The van der Waals surface area contributed by atoms with Crippen LogP contribution < -0.4 is 5.32 Å². The number of hydrogen-bond acceptors (Lipinski definition) is 6. The molecule has 9 heteroatoms. The average molecular weight is 381 g/mol. The van der Waals surface area contributed by atoms with Gasteiger partial charge in [-0.15, -0.1) is 12.4 Å². The predicted molar refractivity (Wildman–Crippen MR) is 92.2 cm³/mol. The summed E-state index contributed by atoms with van der Waals surface area (Å²) in [6.45, 7) is 4.78. The molecule has 1 saturated heterocycles. The summed E-state index contributed by atoms with van der Waals surface area (Å²) >= 11 is 0. The molecule has 1 N–H and O–H groups in total. The Morgan fingerprint density at radius 2 is 2.04 bits per heavy atom. The summed E-state index contributed by atoms with van der Waals surface area (Å²) in [5, 5.41) is 3.09. The maximum absolute atomic E-state index is 13.1. The highest BCUT2D eigenvalue weighted by Crippen LogP contribution is 2.32. The van der Waals surface area contributed by atoms with Crippen molar-refractivity contribution in [3.63, 3.8) is 0 Å². The molecule has 2 heterocycles. The van der Waals surface area contributed by atoms with Crippen LogP contribution in [0.2, 0.25) is 0 Å². The Labute approximate surface area is 149 Å². The summed E-state index contributed by atoms with van der Waals surface area (Å²) in [6, 6.07) is 0. The van der Waals surface area contributed by atoms with Gasteiger partial charge in [-0.3, -0.25) is 0 Å². The van der Waals surface area contributed by atoms with E-state index in [1.807, 2.05) is 7.05 Å². The Balaban J connectivity index is 0.00000288. The first kappa shape index (κ1) is 21.0. The van der Waals surface area contributed by atoms with Crippen molar-refractivity contribution >= 4 is 28.4 Å². The van der Waals surface area contributed by atoms with Crippen molar-refractivity contribution in [1.29, 1.82) is 0 Å². The van der Waals surface area contributed by atoms with Crippen LogP contribution in [0.25, 0.3) is 0 Å². The Bertz CT molecular complexity index is 684. The fourth-order valence-electron chi connectivity index (χ4n) is 3.14. The molecular weight excluding hydrogens is 356 g/mol. The monoisotopic (exact) mass is 380 g/mol. The number of ether oxygens (including phenoxy) is 1. The lowest BCUT2D eigenvalue weighted by Crippen LogP contribution is -2.42. The lowest BCUT2D eigenvalue weighted by Gasteiger charge is -2.31. The first-order valence-electron chi connectivity index (χ1n) is 7.66. The van der Waals surface area contributed by atoms with Crippen LogP contribution in [0.5, 0.6) is 0 Å². The minimum atomic E-state index is -3.80. The number of aryl methyl sites for hydroxylation is 2. The molecule has 0 aromatic carbocycles. The third-order valence-electron chi connectivity index (χ3n) is 4.17. The number of esters is 1. The van der Waals surface area contributed by atoms with E-state index in [1.165, 1.54) is 11.4 Å². The van der Waals surface area contributed by atoms with Crippen molar-refractivity contribution in [2.24, 2.45) is 5.92 Å². The highest BCUT2D eigenvalue weighted by Gasteiger charge is 2.37. The molecule has 7 nitrogen and oxygen atoms in total. The van der Waals surface area contributed by atoms with Gasteiger partial charge in [-0.2, -0.15) is 4.31 Å². The second-order valence-corrected chi connectivity index (χ2v) is 7.71. The number of piperidine rings is 1. The first-order chi connectivity index (χ1) is 10.8. The Morgan fingerprint density at radius 3 is 2.62 bits per heavy atom. The zero-order valence-electron chi connectivity index (χ0n) is 14.4. The summed E-state index contributed by atoms with van der Waals surface area (Å²) in [5.74, 6) is 0.0514. The Morgan fingerprint density at radius 1 is 1.38 bits per heavy atom. The quantitative estimate of drug-likeness (QED) is 0.782. The second kappa shape index (κ2) is 8.33. The molecular formula is C15H25ClN2O5S. The number of carbonyl (C=O) groups excluding carboxylic acids is 1. The molecule has 1 atom stereocenters. The molecule has 1 aromatic rings. The second-order valence-electron chi connectivity index (χ2n) is 5.84. The largest absolute Gasteiger partial charge is 0.465 e. The summed E-state index contributed by atoms with van der Waals surface area (Å²) in [6.07, 6.45) is 1.79. The number of methoxy groups -OCH3 is 1. The SMILES string of the molecule is CNCC1CCCN(S(=O)(=O)c2c(C)oc(C)c2C(=O)OC)C1.Cl. The molecule has 138 valence electrons. The van der Waals surface area contributed by atoms with Crippen LogP contribution in [-0.4, -0.2) is 52.5 Å². The minimum absolute atomic E-state index is 0. The number of nitrogens with one attached hydrogen (secondary N) is 1. The maximum Gasteiger partial charge on any atom is 0.342 e. The fourth-order valence-corrected chi connectivity index (χ4v) is 5.07. The number of carbonyl (C=O) groups is 1. The Kier molecular flexibility index (Phi) is 7.27. The standard InChI is InChI=1S/C15H24N2O5S.ClH/c1-10-13(15(18)21-4)14(11(2)22-10)23(19,20)17-7-5-6-12(9-17)8-16-3;/h12,16H,5-9H2,1-4H3;1H. The van der Waals surface area contributed by atoms with Crippen LogP contribution in [0.3, 0.4) is 0 Å². The molecule has 0 bridgehead atoms. The van der Waals surface area contributed by atoms with E-state index in [2.05, 4.69) is 5.32 Å². The number of furan rings is 1. The molecule has 1 fully saturated rings. The average Bonchev–Trinajstić information content (AvgIpc) is 2.82. The zero-order valence-corrected chi connectivity index (χ0v) is 16.1. The van der Waals surface area contributed by atoms with Gasteiger partial charge in [-0.1, -0.05) is 0 Å². The van der Waals surface area contributed by atoms with Gasteiger partial charge in [0.2, 0.25) is 10.0 Å². The van der Waals surface area contributed by atoms with Gasteiger partial charge >= 0.3 is 5.97 Å². The van der Waals surface area contributed by atoms with Crippen LogP contribution in [0, 0.1) is 19.8 Å². The zero-order chi connectivity index (χ0) is 17.2. The molecule has 0 saturated carbocycles. The number of hydrogen-bond donors (Lipinski definition) is 1. The van der Waals surface area contributed by atoms with Crippen LogP contribution >= 0.6 is 12.4 Å². The summed E-state index contributed by atoms with van der Waals surface area (Å²) < 4.78 is 37.7. The van der Waals surface area contributed by atoms with Gasteiger partial charge in [-0.25, -0.2) is 13.2 Å². The van der Waals surface area contributed by atoms with E-state index in [-0.39, 0.29) is 40.3 Å². The summed E-state index contributed by atoms with van der Waals surface area (Å²) in [4.78, 5) is 11.9. The molecule has 1 unspecified atom stereocenters. The van der Waals surface area contributed by atoms with Crippen molar-refractivity contribution in [1.82, 2.24) is 9.62 Å². The van der Waals surface area contributed by atoms with Crippen molar-refractivity contribution in [3.8, 4) is 0 Å². The van der Waals surface area contributed by atoms with Gasteiger partial charge in [0.05, 0.1) is 7.11 Å². The number of halogens is 1. The minimum Gasteiger partial charge on any atom is -0.465 e. The van der Waals surface area contributed by atoms with Crippen LogP contribution in [-0.2, 0) is 14.8 Å². The lowest BCUT2D eigenvalue weighted by molar-refractivity contribution is 0.0594. The van der Waals surface area contributed by atoms with E-state index in [9.17, 15) is 13.2 Å². The van der Waals surface area contributed by atoms with Crippen LogP contribution in [0.15, 0.2) is 9.31 Å². The van der Waals surface area contributed by atoms with E-state index in [0.29, 0.717) is 13.1 Å². The summed E-state index contributed by atoms with van der Waals surface area (Å²) in [7, 11) is -0.718. The highest BCUT2D eigenvalue weighted by atomic mass is 35.5. The number of rotatable bonds is 5. The lowest BCUT2D eigenvalue weighted by atomic mass is 10.00. The molecule has 1 aliphatic heterocycles. The van der Waals surface area contributed by atoms with Crippen molar-refractivity contribution in [2.75, 3.05) is 33.8 Å². The van der Waals surface area contributed by atoms with E-state index < -0.39 is 16.0 Å². The molecule has 1 aliphatic rings. The maximum atomic E-state index is 13.1. The predicted octanol–water partition coefficient (Wildman–Crippen LogP) is 1.72. The van der Waals surface area contributed by atoms with Crippen LogP contribution in [0.1, 0.15) is 34.7 Å². The van der Waals surface area contributed by atoms with Crippen molar-refractivity contribution in [2.45, 2.75) is 31.6 Å². The van der Waals surface area contributed by atoms with Crippen molar-refractivity contribution in [3.05, 3.63) is 17.1 Å². The molecule has 0 aliphatic carbocycles. The molecule has 0 radical (unpaired) electrons. The molecule has 24 heavy (non-hydrogen) atoms. The van der Waals surface area contributed by atoms with Gasteiger partial charge in [0.1, 0.15) is 22.0 Å². The van der Waals surface area contributed by atoms with E-state index >= 15 is 0 Å². The van der Waals surface area contributed by atoms with E-state index in [4.69, 9.17) is 9.15 Å². The van der Waals surface area contributed by atoms with E-state index in [0.717, 1.165) is 19.4 Å². The van der Waals surface area contributed by atoms with Crippen molar-refractivity contribution < 1.29 is 22.4 Å².